The van der Waals surface area contributed by atoms with E-state index in [9.17, 15) is 4.79 Å². The van der Waals surface area contributed by atoms with Crippen molar-refractivity contribution in [3.05, 3.63) is 22.8 Å². The summed E-state index contributed by atoms with van der Waals surface area (Å²) in [5.74, 6) is 0.0395. The van der Waals surface area contributed by atoms with Gasteiger partial charge in [-0.1, -0.05) is 11.6 Å². The van der Waals surface area contributed by atoms with Gasteiger partial charge in [0.2, 0.25) is 5.88 Å². The molecular formula is C13H17ClN2O4. The van der Waals surface area contributed by atoms with E-state index in [-0.39, 0.29) is 18.6 Å². The lowest BCUT2D eigenvalue weighted by Gasteiger charge is -2.12. The van der Waals surface area contributed by atoms with Crippen molar-refractivity contribution in [1.29, 1.82) is 0 Å². The highest BCUT2D eigenvalue weighted by Gasteiger charge is 2.19. The van der Waals surface area contributed by atoms with Crippen LogP contribution in [-0.2, 0) is 4.74 Å². The number of aromatic nitrogens is 1. The number of hydrogen-bond donors (Lipinski definition) is 2. The van der Waals surface area contributed by atoms with E-state index in [4.69, 9.17) is 26.2 Å². The molecule has 2 heterocycles. The number of pyridine rings is 1. The summed E-state index contributed by atoms with van der Waals surface area (Å²) >= 11 is 6.06. The van der Waals surface area contributed by atoms with Crippen molar-refractivity contribution in [2.45, 2.75) is 18.9 Å². The van der Waals surface area contributed by atoms with Gasteiger partial charge in [-0.3, -0.25) is 4.79 Å². The van der Waals surface area contributed by atoms with Gasteiger partial charge in [-0.15, -0.1) is 0 Å². The Morgan fingerprint density at radius 2 is 2.50 bits per heavy atom. The molecule has 1 atom stereocenters. The average Bonchev–Trinajstić information content (AvgIpc) is 2.94. The lowest BCUT2D eigenvalue weighted by atomic mass is 10.2. The summed E-state index contributed by atoms with van der Waals surface area (Å²) in [4.78, 5) is 15.8. The molecule has 1 aliphatic rings. The summed E-state index contributed by atoms with van der Waals surface area (Å²) in [6, 6.07) is 1.52. The number of halogens is 1. The first-order valence-corrected chi connectivity index (χ1v) is 6.87. The van der Waals surface area contributed by atoms with Gasteiger partial charge in [-0.05, 0) is 12.5 Å². The maximum Gasteiger partial charge on any atom is 0.252 e. The molecule has 0 aliphatic carbocycles. The zero-order valence-corrected chi connectivity index (χ0v) is 11.7. The second kappa shape index (κ2) is 7.42. The van der Waals surface area contributed by atoms with Crippen molar-refractivity contribution >= 4 is 17.5 Å². The van der Waals surface area contributed by atoms with Crippen LogP contribution in [0.4, 0.5) is 0 Å². The number of nitrogens with zero attached hydrogens (tertiary/aromatic N) is 1. The molecule has 6 nitrogen and oxygen atoms in total. The minimum absolute atomic E-state index is 0.0372. The minimum atomic E-state index is -0.274. The molecule has 0 spiro atoms. The van der Waals surface area contributed by atoms with Crippen LogP contribution < -0.4 is 10.1 Å². The van der Waals surface area contributed by atoms with Crippen LogP contribution in [0.2, 0.25) is 5.02 Å². The van der Waals surface area contributed by atoms with Crippen molar-refractivity contribution in [2.75, 3.05) is 26.4 Å². The minimum Gasteiger partial charge on any atom is -0.471 e. The number of nitrogens with one attached hydrogen (secondary N) is 1. The van der Waals surface area contributed by atoms with Gasteiger partial charge in [0, 0.05) is 25.8 Å². The molecule has 7 heteroatoms. The number of aliphatic hydroxyl groups excluding tert-OH is 1. The monoisotopic (exact) mass is 300 g/mol. The van der Waals surface area contributed by atoms with E-state index in [1.165, 1.54) is 12.3 Å². The van der Waals surface area contributed by atoms with E-state index < -0.39 is 0 Å². The van der Waals surface area contributed by atoms with Crippen molar-refractivity contribution in [1.82, 2.24) is 10.3 Å². The number of rotatable bonds is 6. The van der Waals surface area contributed by atoms with E-state index in [2.05, 4.69) is 10.3 Å². The van der Waals surface area contributed by atoms with E-state index >= 15 is 0 Å². The summed E-state index contributed by atoms with van der Waals surface area (Å²) in [6.07, 6.45) is 2.70. The number of hydrogen-bond acceptors (Lipinski definition) is 5. The van der Waals surface area contributed by atoms with Crippen LogP contribution in [0.1, 0.15) is 23.2 Å². The number of aliphatic hydroxyl groups is 1. The molecule has 0 radical (unpaired) electrons. The molecule has 20 heavy (non-hydrogen) atoms. The molecule has 0 saturated carbocycles. The van der Waals surface area contributed by atoms with Gasteiger partial charge >= 0.3 is 0 Å². The van der Waals surface area contributed by atoms with Gasteiger partial charge < -0.3 is 19.9 Å². The predicted octanol–water partition coefficient (Wildman–Crippen LogP) is 1.01. The third-order valence-corrected chi connectivity index (χ3v) is 3.13. The number of amides is 1. The van der Waals surface area contributed by atoms with Crippen molar-refractivity contribution in [3.63, 3.8) is 0 Å². The first kappa shape index (κ1) is 15.0. The number of carbonyl (C=O) groups excluding carboxylic acids is 1. The third kappa shape index (κ3) is 4.06. The molecular weight excluding hydrogens is 284 g/mol. The molecule has 1 amide bonds. The van der Waals surface area contributed by atoms with Crippen LogP contribution in [0, 0.1) is 0 Å². The molecule has 1 aliphatic heterocycles. The lowest BCUT2D eigenvalue weighted by molar-refractivity contribution is 0.0950. The maximum atomic E-state index is 11.8. The van der Waals surface area contributed by atoms with Crippen molar-refractivity contribution in [3.8, 4) is 5.88 Å². The van der Waals surface area contributed by atoms with E-state index in [0.29, 0.717) is 42.6 Å². The van der Waals surface area contributed by atoms with Crippen molar-refractivity contribution in [2.24, 2.45) is 0 Å². The fraction of sp³-hybridized carbons (Fsp3) is 0.538. The Morgan fingerprint density at radius 1 is 1.65 bits per heavy atom. The van der Waals surface area contributed by atoms with Crippen LogP contribution in [-0.4, -0.2) is 48.5 Å². The molecule has 1 aromatic heterocycles. The summed E-state index contributed by atoms with van der Waals surface area (Å²) in [5, 5.41) is 11.6. The third-order valence-electron chi connectivity index (χ3n) is 2.86. The molecule has 1 fully saturated rings. The van der Waals surface area contributed by atoms with Gasteiger partial charge in [0.15, 0.2) is 0 Å². The quantitative estimate of drug-likeness (QED) is 0.767. The van der Waals surface area contributed by atoms with Gasteiger partial charge in [0.25, 0.3) is 5.91 Å². The summed E-state index contributed by atoms with van der Waals surface area (Å²) in [7, 11) is 0. The largest absolute Gasteiger partial charge is 0.471 e. The first-order valence-electron chi connectivity index (χ1n) is 6.49. The average molecular weight is 301 g/mol. The molecule has 0 aromatic carbocycles. The van der Waals surface area contributed by atoms with Gasteiger partial charge in [0.05, 0.1) is 18.8 Å². The molecule has 1 saturated heterocycles. The highest BCUT2D eigenvalue weighted by atomic mass is 35.5. The molecule has 0 bridgehead atoms. The fourth-order valence-electron chi connectivity index (χ4n) is 1.78. The van der Waals surface area contributed by atoms with E-state index in [1.54, 1.807) is 0 Å². The second-order valence-corrected chi connectivity index (χ2v) is 4.85. The normalized spacial score (nSPS) is 18.0. The SMILES string of the molecule is O=C(NCCCO)c1cnc(OC2CCOC2)c(Cl)c1. The molecule has 110 valence electrons. The Balaban J connectivity index is 1.95. The number of carbonyl (C=O) groups is 1. The smallest absolute Gasteiger partial charge is 0.252 e. The van der Waals surface area contributed by atoms with Crippen molar-refractivity contribution < 1.29 is 19.4 Å². The van der Waals surface area contributed by atoms with Gasteiger partial charge in [-0.2, -0.15) is 0 Å². The fourth-order valence-corrected chi connectivity index (χ4v) is 1.99. The molecule has 2 rings (SSSR count). The molecule has 1 aromatic rings. The maximum absolute atomic E-state index is 11.8. The van der Waals surface area contributed by atoms with Gasteiger partial charge in [0.1, 0.15) is 11.1 Å². The van der Waals surface area contributed by atoms with Crippen LogP contribution in [0.25, 0.3) is 0 Å². The van der Waals surface area contributed by atoms with Crippen LogP contribution in [0.5, 0.6) is 5.88 Å². The Kier molecular flexibility index (Phi) is 5.58. The van der Waals surface area contributed by atoms with Crippen LogP contribution in [0.15, 0.2) is 12.3 Å². The number of ether oxygens (including phenoxy) is 2. The summed E-state index contributed by atoms with van der Waals surface area (Å²) in [6.45, 7) is 1.65. The highest BCUT2D eigenvalue weighted by molar-refractivity contribution is 6.32. The summed E-state index contributed by atoms with van der Waals surface area (Å²) < 4.78 is 10.8. The van der Waals surface area contributed by atoms with E-state index in [0.717, 1.165) is 6.42 Å². The van der Waals surface area contributed by atoms with Gasteiger partial charge in [-0.25, -0.2) is 4.98 Å². The van der Waals surface area contributed by atoms with Crippen LogP contribution in [0.3, 0.4) is 0 Å². The molecule has 1 unspecified atom stereocenters. The Morgan fingerprint density at radius 3 is 3.15 bits per heavy atom. The zero-order valence-electron chi connectivity index (χ0n) is 11.0. The van der Waals surface area contributed by atoms with Crippen LogP contribution >= 0.6 is 11.6 Å². The van der Waals surface area contributed by atoms with E-state index in [1.807, 2.05) is 0 Å². The predicted molar refractivity (Wildman–Crippen MR) is 73.1 cm³/mol. The Bertz CT molecular complexity index is 464. The topological polar surface area (TPSA) is 80.7 Å². The molecule has 2 N–H and O–H groups in total. The second-order valence-electron chi connectivity index (χ2n) is 4.45. The Labute approximate surface area is 122 Å². The first-order chi connectivity index (χ1) is 9.70. The lowest BCUT2D eigenvalue weighted by Crippen LogP contribution is -2.25. The highest BCUT2D eigenvalue weighted by Crippen LogP contribution is 2.25. The summed E-state index contributed by atoms with van der Waals surface area (Å²) in [5.41, 5.74) is 0.364. The Hall–Kier alpha value is -1.37. The standard InChI is InChI=1S/C13H17ClN2O4/c14-11-6-9(12(18)15-3-1-4-17)7-16-13(11)20-10-2-5-19-8-10/h6-7,10,17H,1-5,8H2,(H,15,18). The zero-order chi connectivity index (χ0) is 14.4.